The monoisotopic (exact) mass is 220 g/mol. The first kappa shape index (κ1) is 10.7. The molecule has 3 nitrogen and oxygen atoms in total. The quantitative estimate of drug-likeness (QED) is 0.806. The van der Waals surface area contributed by atoms with E-state index in [0.29, 0.717) is 11.6 Å². The molecule has 2 rings (SSSR count). The molecule has 0 aliphatic heterocycles. The van der Waals surface area contributed by atoms with E-state index < -0.39 is 0 Å². The summed E-state index contributed by atoms with van der Waals surface area (Å²) in [6.45, 7) is 0. The summed E-state index contributed by atoms with van der Waals surface area (Å²) in [5, 5.41) is 5.35. The van der Waals surface area contributed by atoms with Crippen LogP contribution in [-0.4, -0.2) is 12.1 Å². The summed E-state index contributed by atoms with van der Waals surface area (Å²) < 4.78 is 12.8. The van der Waals surface area contributed by atoms with Crippen molar-refractivity contribution in [2.45, 2.75) is 18.9 Å². The van der Waals surface area contributed by atoms with Gasteiger partial charge in [0.2, 0.25) is 0 Å². The Morgan fingerprint density at radius 1 is 1.44 bits per heavy atom. The maximum atomic E-state index is 12.8. The molecule has 84 valence electrons. The van der Waals surface area contributed by atoms with Gasteiger partial charge in [0.1, 0.15) is 5.82 Å². The highest BCUT2D eigenvalue weighted by Gasteiger charge is 2.22. The average Bonchev–Trinajstić information content (AvgIpc) is 3.02. The molecular formula is C12H13FN2O. The fraction of sp³-hybridized carbons (Fsp3) is 0.250. The molecule has 1 aliphatic carbocycles. The molecule has 4 heteroatoms. The molecule has 0 unspecified atom stereocenters. The van der Waals surface area contributed by atoms with Gasteiger partial charge in [0.05, 0.1) is 0 Å². The van der Waals surface area contributed by atoms with Gasteiger partial charge >= 0.3 is 6.03 Å². The van der Waals surface area contributed by atoms with E-state index in [0.717, 1.165) is 12.8 Å². The summed E-state index contributed by atoms with van der Waals surface area (Å²) >= 11 is 0. The zero-order valence-electron chi connectivity index (χ0n) is 8.74. The Morgan fingerprint density at radius 3 is 2.94 bits per heavy atom. The van der Waals surface area contributed by atoms with Crippen molar-refractivity contribution >= 4 is 12.1 Å². The van der Waals surface area contributed by atoms with Crippen LogP contribution in [0.4, 0.5) is 9.18 Å². The van der Waals surface area contributed by atoms with Gasteiger partial charge in [-0.15, -0.1) is 0 Å². The number of nitrogens with one attached hydrogen (secondary N) is 2. The van der Waals surface area contributed by atoms with Gasteiger partial charge < -0.3 is 10.6 Å². The Morgan fingerprint density at radius 2 is 2.25 bits per heavy atom. The smallest absolute Gasteiger partial charge is 0.318 e. The number of rotatable bonds is 3. The number of hydrogen-bond acceptors (Lipinski definition) is 1. The summed E-state index contributed by atoms with van der Waals surface area (Å²) in [6.07, 6.45) is 5.27. The van der Waals surface area contributed by atoms with Gasteiger partial charge in [-0.25, -0.2) is 9.18 Å². The Hall–Kier alpha value is -1.84. The molecular weight excluding hydrogens is 207 g/mol. The van der Waals surface area contributed by atoms with E-state index in [4.69, 9.17) is 0 Å². The number of hydrogen-bond donors (Lipinski definition) is 2. The average molecular weight is 220 g/mol. The van der Waals surface area contributed by atoms with Crippen molar-refractivity contribution in [2.24, 2.45) is 0 Å². The van der Waals surface area contributed by atoms with Crippen molar-refractivity contribution in [3.63, 3.8) is 0 Å². The highest BCUT2D eigenvalue weighted by Crippen LogP contribution is 2.18. The number of amides is 2. The van der Waals surface area contributed by atoms with Crippen LogP contribution in [0.1, 0.15) is 18.4 Å². The van der Waals surface area contributed by atoms with Crippen LogP contribution < -0.4 is 10.6 Å². The van der Waals surface area contributed by atoms with Crippen LogP contribution in [0, 0.1) is 5.82 Å². The molecule has 0 saturated heterocycles. The maximum absolute atomic E-state index is 12.8. The lowest BCUT2D eigenvalue weighted by Gasteiger charge is -2.01. The second kappa shape index (κ2) is 4.79. The van der Waals surface area contributed by atoms with E-state index in [1.54, 1.807) is 18.2 Å². The second-order valence-electron chi connectivity index (χ2n) is 3.78. The van der Waals surface area contributed by atoms with E-state index in [9.17, 15) is 9.18 Å². The Kier molecular flexibility index (Phi) is 3.19. The summed E-state index contributed by atoms with van der Waals surface area (Å²) in [5.74, 6) is -0.287. The summed E-state index contributed by atoms with van der Waals surface area (Å²) in [5.41, 5.74) is 0.715. The van der Waals surface area contributed by atoms with Crippen molar-refractivity contribution in [1.29, 1.82) is 0 Å². The normalized spacial score (nSPS) is 15.1. The molecule has 1 fully saturated rings. The third kappa shape index (κ3) is 3.38. The van der Waals surface area contributed by atoms with Crippen LogP contribution in [0.25, 0.3) is 6.08 Å². The van der Waals surface area contributed by atoms with Gasteiger partial charge in [-0.3, -0.25) is 0 Å². The molecule has 0 spiro atoms. The van der Waals surface area contributed by atoms with E-state index >= 15 is 0 Å². The number of halogens is 1. The summed E-state index contributed by atoms with van der Waals surface area (Å²) in [6, 6.07) is 6.29. The van der Waals surface area contributed by atoms with Crippen LogP contribution in [0.3, 0.4) is 0 Å². The SMILES string of the molecule is O=C(N/C=C/c1cccc(F)c1)NC1CC1. The summed E-state index contributed by atoms with van der Waals surface area (Å²) in [4.78, 5) is 11.2. The first-order valence-corrected chi connectivity index (χ1v) is 5.23. The van der Waals surface area contributed by atoms with E-state index in [1.165, 1.54) is 18.3 Å². The topological polar surface area (TPSA) is 41.1 Å². The third-order valence-corrected chi connectivity index (χ3v) is 2.25. The molecule has 1 aliphatic rings. The standard InChI is InChI=1S/C12H13FN2O/c13-10-3-1-2-9(8-10)6-7-14-12(16)15-11-4-5-11/h1-3,6-8,11H,4-5H2,(H2,14,15,16)/b7-6+. The fourth-order valence-corrected chi connectivity index (χ4v) is 1.28. The van der Waals surface area contributed by atoms with Crippen LogP contribution >= 0.6 is 0 Å². The molecule has 0 radical (unpaired) electrons. The second-order valence-corrected chi connectivity index (χ2v) is 3.78. The highest BCUT2D eigenvalue weighted by atomic mass is 19.1. The van der Waals surface area contributed by atoms with Crippen LogP contribution in [0.2, 0.25) is 0 Å². The number of carbonyl (C=O) groups excluding carboxylic acids is 1. The molecule has 1 aromatic carbocycles. The van der Waals surface area contributed by atoms with E-state index in [-0.39, 0.29) is 11.8 Å². The first-order valence-electron chi connectivity index (χ1n) is 5.23. The van der Waals surface area contributed by atoms with E-state index in [2.05, 4.69) is 10.6 Å². The van der Waals surface area contributed by atoms with Gasteiger partial charge in [0.15, 0.2) is 0 Å². The maximum Gasteiger partial charge on any atom is 0.318 e. The Bertz CT molecular complexity index is 413. The lowest BCUT2D eigenvalue weighted by molar-refractivity contribution is 0.244. The fourth-order valence-electron chi connectivity index (χ4n) is 1.28. The van der Waals surface area contributed by atoms with Crippen LogP contribution in [-0.2, 0) is 0 Å². The third-order valence-electron chi connectivity index (χ3n) is 2.25. The van der Waals surface area contributed by atoms with Crippen molar-refractivity contribution < 1.29 is 9.18 Å². The van der Waals surface area contributed by atoms with Crippen molar-refractivity contribution in [1.82, 2.24) is 10.6 Å². The number of urea groups is 1. The molecule has 1 saturated carbocycles. The molecule has 16 heavy (non-hydrogen) atoms. The number of carbonyl (C=O) groups is 1. The molecule has 2 amide bonds. The minimum absolute atomic E-state index is 0.213. The largest absolute Gasteiger partial charge is 0.335 e. The highest BCUT2D eigenvalue weighted by molar-refractivity contribution is 5.76. The van der Waals surface area contributed by atoms with E-state index in [1.807, 2.05) is 0 Å². The van der Waals surface area contributed by atoms with Gasteiger partial charge in [-0.2, -0.15) is 0 Å². The minimum atomic E-state index is -0.287. The molecule has 1 aromatic rings. The molecule has 0 aromatic heterocycles. The lowest BCUT2D eigenvalue weighted by Crippen LogP contribution is -2.33. The Labute approximate surface area is 93.4 Å². The predicted molar refractivity (Wildman–Crippen MR) is 60.1 cm³/mol. The van der Waals surface area contributed by atoms with Gasteiger partial charge in [-0.1, -0.05) is 12.1 Å². The molecule has 0 heterocycles. The van der Waals surface area contributed by atoms with Gasteiger partial charge in [0, 0.05) is 12.2 Å². The predicted octanol–water partition coefficient (Wildman–Crippen LogP) is 2.26. The zero-order chi connectivity index (χ0) is 11.4. The first-order chi connectivity index (χ1) is 7.74. The van der Waals surface area contributed by atoms with Crippen molar-refractivity contribution in [2.75, 3.05) is 0 Å². The zero-order valence-corrected chi connectivity index (χ0v) is 8.74. The minimum Gasteiger partial charge on any atom is -0.335 e. The summed E-state index contributed by atoms with van der Waals surface area (Å²) in [7, 11) is 0. The molecule has 0 bridgehead atoms. The Balaban J connectivity index is 1.81. The van der Waals surface area contributed by atoms with Crippen LogP contribution in [0.15, 0.2) is 30.5 Å². The number of benzene rings is 1. The van der Waals surface area contributed by atoms with Crippen molar-refractivity contribution in [3.8, 4) is 0 Å². The lowest BCUT2D eigenvalue weighted by atomic mass is 10.2. The van der Waals surface area contributed by atoms with Crippen molar-refractivity contribution in [3.05, 3.63) is 41.8 Å². The van der Waals surface area contributed by atoms with Gasteiger partial charge in [0.25, 0.3) is 0 Å². The molecule has 2 N–H and O–H groups in total. The van der Waals surface area contributed by atoms with Gasteiger partial charge in [-0.05, 0) is 36.6 Å². The van der Waals surface area contributed by atoms with Crippen LogP contribution in [0.5, 0.6) is 0 Å². The molecule has 0 atom stereocenters.